The Balaban J connectivity index is 2.06. The van der Waals surface area contributed by atoms with Gasteiger partial charge in [0.15, 0.2) is 0 Å². The van der Waals surface area contributed by atoms with Gasteiger partial charge >= 0.3 is 0 Å². The van der Waals surface area contributed by atoms with E-state index in [0.29, 0.717) is 6.61 Å². The van der Waals surface area contributed by atoms with Gasteiger partial charge in [0.25, 0.3) is 0 Å². The third-order valence-electron chi connectivity index (χ3n) is 2.58. The van der Waals surface area contributed by atoms with Crippen molar-refractivity contribution in [3.63, 3.8) is 0 Å². The first-order valence-corrected chi connectivity index (χ1v) is 6.47. The molecule has 0 spiro atoms. The van der Waals surface area contributed by atoms with E-state index in [4.69, 9.17) is 10.5 Å². The van der Waals surface area contributed by atoms with E-state index < -0.39 is 0 Å². The first-order chi connectivity index (χ1) is 8.16. The summed E-state index contributed by atoms with van der Waals surface area (Å²) in [5.74, 6) is 0.891. The molecule has 0 aliphatic rings. The van der Waals surface area contributed by atoms with Crippen molar-refractivity contribution in [3.05, 3.63) is 45.9 Å². The number of aryl methyl sites for hydroxylation is 1. The molecule has 2 aromatic rings. The van der Waals surface area contributed by atoms with Crippen molar-refractivity contribution < 1.29 is 4.74 Å². The number of aromatic nitrogens is 1. The van der Waals surface area contributed by atoms with Crippen LogP contribution < -0.4 is 10.5 Å². The number of benzene rings is 1. The molecule has 1 aromatic heterocycles. The van der Waals surface area contributed by atoms with Crippen molar-refractivity contribution >= 4 is 11.3 Å². The highest BCUT2D eigenvalue weighted by molar-refractivity contribution is 7.07. The smallest absolute Gasteiger partial charge is 0.131 e. The standard InChI is InChI=1S/C13H16N2OS/c1-9-5-11(10(2)14)3-4-13(9)16-6-12-7-17-8-15-12/h3-5,7-8,10H,6,14H2,1-2H3/t10-/m1/s1. The van der Waals surface area contributed by atoms with Gasteiger partial charge < -0.3 is 10.5 Å². The average Bonchev–Trinajstić information content (AvgIpc) is 2.80. The van der Waals surface area contributed by atoms with Crippen LogP contribution in [0.4, 0.5) is 0 Å². The lowest BCUT2D eigenvalue weighted by molar-refractivity contribution is 0.300. The zero-order chi connectivity index (χ0) is 12.3. The number of nitrogens with two attached hydrogens (primary N) is 1. The van der Waals surface area contributed by atoms with Crippen LogP contribution in [0.3, 0.4) is 0 Å². The average molecular weight is 248 g/mol. The molecule has 1 atom stereocenters. The summed E-state index contributed by atoms with van der Waals surface area (Å²) in [4.78, 5) is 4.18. The van der Waals surface area contributed by atoms with Gasteiger partial charge in [-0.1, -0.05) is 12.1 Å². The zero-order valence-corrected chi connectivity index (χ0v) is 10.8. The van der Waals surface area contributed by atoms with Crippen LogP contribution in [0.25, 0.3) is 0 Å². The maximum Gasteiger partial charge on any atom is 0.131 e. The van der Waals surface area contributed by atoms with Crippen molar-refractivity contribution in [2.24, 2.45) is 5.73 Å². The van der Waals surface area contributed by atoms with E-state index in [2.05, 4.69) is 11.1 Å². The number of nitrogens with zero attached hydrogens (tertiary/aromatic N) is 1. The first-order valence-electron chi connectivity index (χ1n) is 5.53. The van der Waals surface area contributed by atoms with Crippen molar-refractivity contribution in [3.8, 4) is 5.75 Å². The minimum Gasteiger partial charge on any atom is -0.487 e. The number of ether oxygens (including phenoxy) is 1. The van der Waals surface area contributed by atoms with E-state index in [1.807, 2.05) is 36.9 Å². The quantitative estimate of drug-likeness (QED) is 0.904. The summed E-state index contributed by atoms with van der Waals surface area (Å²) in [5.41, 5.74) is 10.8. The summed E-state index contributed by atoms with van der Waals surface area (Å²) < 4.78 is 5.72. The van der Waals surface area contributed by atoms with Crippen LogP contribution in [-0.2, 0) is 6.61 Å². The number of hydrogen-bond acceptors (Lipinski definition) is 4. The Hall–Kier alpha value is -1.39. The topological polar surface area (TPSA) is 48.1 Å². The molecule has 90 valence electrons. The molecule has 0 aliphatic heterocycles. The molecule has 1 aromatic carbocycles. The maximum absolute atomic E-state index is 5.83. The van der Waals surface area contributed by atoms with Gasteiger partial charge in [0.1, 0.15) is 12.4 Å². The van der Waals surface area contributed by atoms with Gasteiger partial charge in [0.05, 0.1) is 11.2 Å². The zero-order valence-electron chi connectivity index (χ0n) is 10.0. The van der Waals surface area contributed by atoms with Crippen molar-refractivity contribution in [1.82, 2.24) is 4.98 Å². The van der Waals surface area contributed by atoms with Gasteiger partial charge in [-0.05, 0) is 31.0 Å². The predicted octanol–water partition coefficient (Wildman–Crippen LogP) is 3.05. The second kappa shape index (κ2) is 5.29. The molecule has 0 unspecified atom stereocenters. The summed E-state index contributed by atoms with van der Waals surface area (Å²) >= 11 is 1.58. The minimum atomic E-state index is 0.0568. The molecule has 0 bridgehead atoms. The molecule has 0 fully saturated rings. The monoisotopic (exact) mass is 248 g/mol. The van der Waals surface area contributed by atoms with Gasteiger partial charge in [-0.25, -0.2) is 4.98 Å². The Morgan fingerprint density at radius 2 is 2.29 bits per heavy atom. The first kappa shape index (κ1) is 12.1. The fraction of sp³-hybridized carbons (Fsp3) is 0.308. The summed E-state index contributed by atoms with van der Waals surface area (Å²) in [6.45, 7) is 4.52. The lowest BCUT2D eigenvalue weighted by Gasteiger charge is -2.11. The van der Waals surface area contributed by atoms with Crippen molar-refractivity contribution in [2.45, 2.75) is 26.5 Å². The lowest BCUT2D eigenvalue weighted by Crippen LogP contribution is -2.05. The highest BCUT2D eigenvalue weighted by Crippen LogP contribution is 2.22. The molecular weight excluding hydrogens is 232 g/mol. The Morgan fingerprint density at radius 3 is 2.88 bits per heavy atom. The van der Waals surface area contributed by atoms with Gasteiger partial charge in [0.2, 0.25) is 0 Å². The fourth-order valence-corrected chi connectivity index (χ4v) is 2.12. The Kier molecular flexibility index (Phi) is 3.76. The largest absolute Gasteiger partial charge is 0.487 e. The second-order valence-electron chi connectivity index (χ2n) is 4.08. The third-order valence-corrected chi connectivity index (χ3v) is 3.22. The third kappa shape index (κ3) is 3.05. The van der Waals surface area contributed by atoms with E-state index in [1.54, 1.807) is 11.3 Å². The van der Waals surface area contributed by atoms with Gasteiger partial charge in [0, 0.05) is 11.4 Å². The van der Waals surface area contributed by atoms with Crippen LogP contribution in [0.1, 0.15) is 29.8 Å². The van der Waals surface area contributed by atoms with E-state index in [9.17, 15) is 0 Å². The molecule has 0 amide bonds. The van der Waals surface area contributed by atoms with Crippen molar-refractivity contribution in [2.75, 3.05) is 0 Å². The van der Waals surface area contributed by atoms with Gasteiger partial charge in [-0.3, -0.25) is 0 Å². The lowest BCUT2D eigenvalue weighted by atomic mass is 10.1. The number of hydrogen-bond donors (Lipinski definition) is 1. The molecule has 4 heteroatoms. The van der Waals surface area contributed by atoms with E-state index >= 15 is 0 Å². The van der Waals surface area contributed by atoms with Crippen LogP contribution in [0.5, 0.6) is 5.75 Å². The highest BCUT2D eigenvalue weighted by Gasteiger charge is 2.05. The SMILES string of the molecule is Cc1cc([C@@H](C)N)ccc1OCc1cscn1. The van der Waals surface area contributed by atoms with Crippen LogP contribution in [0.2, 0.25) is 0 Å². The van der Waals surface area contributed by atoms with Crippen LogP contribution >= 0.6 is 11.3 Å². The highest BCUT2D eigenvalue weighted by atomic mass is 32.1. The van der Waals surface area contributed by atoms with E-state index in [0.717, 1.165) is 22.6 Å². The predicted molar refractivity (Wildman–Crippen MR) is 70.2 cm³/mol. The molecule has 2 N–H and O–H groups in total. The molecule has 0 radical (unpaired) electrons. The molecule has 0 saturated carbocycles. The van der Waals surface area contributed by atoms with E-state index in [-0.39, 0.29) is 6.04 Å². The van der Waals surface area contributed by atoms with Gasteiger partial charge in [-0.15, -0.1) is 11.3 Å². The van der Waals surface area contributed by atoms with Crippen LogP contribution in [-0.4, -0.2) is 4.98 Å². The molecule has 1 heterocycles. The minimum absolute atomic E-state index is 0.0568. The van der Waals surface area contributed by atoms with Crippen LogP contribution in [0.15, 0.2) is 29.1 Å². The normalized spacial score (nSPS) is 12.4. The molecule has 3 nitrogen and oxygen atoms in total. The summed E-state index contributed by atoms with van der Waals surface area (Å²) in [5, 5.41) is 1.99. The summed E-state index contributed by atoms with van der Waals surface area (Å²) in [7, 11) is 0. The molecule has 17 heavy (non-hydrogen) atoms. The van der Waals surface area contributed by atoms with Crippen LogP contribution in [0, 0.1) is 6.92 Å². The Labute approximate surface area is 105 Å². The molecule has 0 saturated heterocycles. The second-order valence-corrected chi connectivity index (χ2v) is 4.80. The molecule has 2 rings (SSSR count). The van der Waals surface area contributed by atoms with E-state index in [1.165, 1.54) is 0 Å². The fourth-order valence-electron chi connectivity index (χ4n) is 1.58. The summed E-state index contributed by atoms with van der Waals surface area (Å²) in [6, 6.07) is 6.11. The number of thiazole rings is 1. The Morgan fingerprint density at radius 1 is 1.47 bits per heavy atom. The van der Waals surface area contributed by atoms with Crippen molar-refractivity contribution in [1.29, 1.82) is 0 Å². The maximum atomic E-state index is 5.83. The number of rotatable bonds is 4. The van der Waals surface area contributed by atoms with Gasteiger partial charge in [-0.2, -0.15) is 0 Å². The molecular formula is C13H16N2OS. The molecule has 0 aliphatic carbocycles. The summed E-state index contributed by atoms with van der Waals surface area (Å²) in [6.07, 6.45) is 0. The Bertz CT molecular complexity index is 480.